The lowest BCUT2D eigenvalue weighted by Crippen LogP contribution is -2.47. The van der Waals surface area contributed by atoms with Crippen molar-refractivity contribution in [3.63, 3.8) is 0 Å². The van der Waals surface area contributed by atoms with Gasteiger partial charge in [-0.15, -0.1) is 0 Å². The van der Waals surface area contributed by atoms with Gasteiger partial charge in [0.15, 0.2) is 0 Å². The minimum Gasteiger partial charge on any atom is -0.346 e. The van der Waals surface area contributed by atoms with Crippen LogP contribution in [-0.4, -0.2) is 29.4 Å². The van der Waals surface area contributed by atoms with Crippen molar-refractivity contribution < 1.29 is 9.59 Å². The number of carbonyl (C=O) groups excluding carboxylic acids is 2. The molecule has 1 unspecified atom stereocenters. The number of amides is 2. The van der Waals surface area contributed by atoms with E-state index in [0.29, 0.717) is 0 Å². The normalized spacial score (nSPS) is 13.1. The lowest BCUT2D eigenvalue weighted by atomic mass is 10.0. The molecule has 0 aliphatic heterocycles. The number of hydrogen-bond acceptors (Lipinski definition) is 4. The summed E-state index contributed by atoms with van der Waals surface area (Å²) in [5.74, 6) is -0.628. The summed E-state index contributed by atoms with van der Waals surface area (Å²) in [6.45, 7) is 3.59. The molecule has 1 aromatic heterocycles. The Labute approximate surface area is 147 Å². The number of aromatic nitrogens is 1. The second-order valence-electron chi connectivity index (χ2n) is 6.15. The molecule has 2 amide bonds. The van der Waals surface area contributed by atoms with Crippen molar-refractivity contribution in [2.75, 3.05) is 6.54 Å². The van der Waals surface area contributed by atoms with Crippen molar-refractivity contribution in [1.29, 1.82) is 0 Å². The van der Waals surface area contributed by atoms with Gasteiger partial charge in [-0.1, -0.05) is 50.2 Å². The number of pyridine rings is 1. The van der Waals surface area contributed by atoms with Gasteiger partial charge in [0.2, 0.25) is 11.8 Å². The van der Waals surface area contributed by atoms with Gasteiger partial charge >= 0.3 is 0 Å². The van der Waals surface area contributed by atoms with Gasteiger partial charge in [-0.05, 0) is 23.6 Å². The molecule has 0 bridgehead atoms. The van der Waals surface area contributed by atoms with E-state index in [2.05, 4.69) is 15.6 Å². The zero-order valence-corrected chi connectivity index (χ0v) is 14.5. The van der Waals surface area contributed by atoms with Crippen molar-refractivity contribution in [1.82, 2.24) is 15.6 Å². The van der Waals surface area contributed by atoms with Gasteiger partial charge in [-0.3, -0.25) is 14.6 Å². The van der Waals surface area contributed by atoms with Crippen molar-refractivity contribution >= 4 is 11.8 Å². The molecule has 6 heteroatoms. The third-order valence-corrected chi connectivity index (χ3v) is 3.87. The fourth-order valence-electron chi connectivity index (χ4n) is 2.32. The van der Waals surface area contributed by atoms with Crippen molar-refractivity contribution in [3.8, 4) is 0 Å². The summed E-state index contributed by atoms with van der Waals surface area (Å²) in [5, 5.41) is 5.49. The molecule has 0 aliphatic rings. The van der Waals surface area contributed by atoms with Crippen LogP contribution in [0.15, 0.2) is 54.7 Å². The lowest BCUT2D eigenvalue weighted by molar-refractivity contribution is -0.127. The van der Waals surface area contributed by atoms with Crippen LogP contribution in [0.2, 0.25) is 0 Å². The van der Waals surface area contributed by atoms with E-state index in [4.69, 9.17) is 5.73 Å². The average Bonchev–Trinajstić information content (AvgIpc) is 2.64. The molecule has 4 N–H and O–H groups in total. The highest BCUT2D eigenvalue weighted by atomic mass is 16.2. The molecule has 2 rings (SSSR count). The second kappa shape index (κ2) is 8.94. The third kappa shape index (κ3) is 5.39. The van der Waals surface area contributed by atoms with Crippen LogP contribution in [0.5, 0.6) is 0 Å². The Morgan fingerprint density at radius 3 is 2.36 bits per heavy atom. The number of nitrogens with one attached hydrogen (secondary N) is 2. The molecule has 0 aliphatic carbocycles. The third-order valence-electron chi connectivity index (χ3n) is 3.87. The summed E-state index contributed by atoms with van der Waals surface area (Å²) in [6.07, 6.45) is 1.68. The zero-order valence-electron chi connectivity index (χ0n) is 14.5. The summed E-state index contributed by atoms with van der Waals surface area (Å²) in [4.78, 5) is 28.5. The Kier molecular flexibility index (Phi) is 6.65. The molecule has 1 aromatic carbocycles. The first-order chi connectivity index (χ1) is 12.0. The highest BCUT2D eigenvalue weighted by Crippen LogP contribution is 2.19. The minimum absolute atomic E-state index is 0.00801. The first kappa shape index (κ1) is 18.6. The van der Waals surface area contributed by atoms with Crippen LogP contribution in [0.4, 0.5) is 0 Å². The van der Waals surface area contributed by atoms with Crippen LogP contribution >= 0.6 is 0 Å². The number of nitrogens with two attached hydrogens (primary N) is 1. The molecular weight excluding hydrogens is 316 g/mol. The second-order valence-corrected chi connectivity index (χ2v) is 6.15. The van der Waals surface area contributed by atoms with Crippen LogP contribution in [0, 0.1) is 5.92 Å². The first-order valence-corrected chi connectivity index (χ1v) is 8.27. The Hall–Kier alpha value is -2.73. The number of benzene rings is 1. The summed E-state index contributed by atoms with van der Waals surface area (Å²) in [5.41, 5.74) is 7.42. The fraction of sp³-hybridized carbons (Fsp3) is 0.316. The van der Waals surface area contributed by atoms with Crippen LogP contribution in [0.25, 0.3) is 0 Å². The Bertz CT molecular complexity index is 650. The van der Waals surface area contributed by atoms with Gasteiger partial charge in [-0.25, -0.2) is 0 Å². The molecule has 1 heterocycles. The van der Waals surface area contributed by atoms with Gasteiger partial charge in [0.25, 0.3) is 0 Å². The molecule has 0 saturated heterocycles. The number of rotatable bonds is 7. The van der Waals surface area contributed by atoms with E-state index in [0.717, 1.165) is 11.3 Å². The van der Waals surface area contributed by atoms with Gasteiger partial charge in [0.05, 0.1) is 24.3 Å². The van der Waals surface area contributed by atoms with E-state index < -0.39 is 6.04 Å². The molecular formula is C19H24N4O2. The van der Waals surface area contributed by atoms with Crippen molar-refractivity contribution in [3.05, 3.63) is 66.0 Å². The van der Waals surface area contributed by atoms with E-state index >= 15 is 0 Å². The van der Waals surface area contributed by atoms with E-state index in [1.807, 2.05) is 62.4 Å². The topological polar surface area (TPSA) is 97.1 Å². The maximum Gasteiger partial charge on any atom is 0.240 e. The van der Waals surface area contributed by atoms with Crippen LogP contribution in [0.3, 0.4) is 0 Å². The maximum absolute atomic E-state index is 12.3. The lowest BCUT2D eigenvalue weighted by Gasteiger charge is -2.20. The van der Waals surface area contributed by atoms with Gasteiger partial charge in [0, 0.05) is 6.20 Å². The number of hydrogen-bond donors (Lipinski definition) is 3. The molecule has 6 nitrogen and oxygen atoms in total. The minimum atomic E-state index is -0.631. The van der Waals surface area contributed by atoms with Crippen molar-refractivity contribution in [2.45, 2.75) is 25.9 Å². The zero-order chi connectivity index (χ0) is 18.2. The molecule has 0 fully saturated rings. The highest BCUT2D eigenvalue weighted by molar-refractivity contribution is 5.87. The van der Waals surface area contributed by atoms with Crippen LogP contribution in [0.1, 0.15) is 31.1 Å². The quantitative estimate of drug-likeness (QED) is 0.709. The summed E-state index contributed by atoms with van der Waals surface area (Å²) in [6, 6.07) is 14.1. The van der Waals surface area contributed by atoms with Crippen LogP contribution in [-0.2, 0) is 9.59 Å². The molecule has 0 saturated carbocycles. The molecule has 25 heavy (non-hydrogen) atoms. The van der Waals surface area contributed by atoms with E-state index in [-0.39, 0.29) is 30.3 Å². The van der Waals surface area contributed by atoms with Gasteiger partial charge in [0.1, 0.15) is 0 Å². The van der Waals surface area contributed by atoms with E-state index in [1.165, 1.54) is 0 Å². The largest absolute Gasteiger partial charge is 0.346 e. The molecule has 0 radical (unpaired) electrons. The van der Waals surface area contributed by atoms with Crippen LogP contribution < -0.4 is 16.4 Å². The molecule has 2 aromatic rings. The molecule has 0 spiro atoms. The number of carbonyl (C=O) groups is 2. The maximum atomic E-state index is 12.3. The van der Waals surface area contributed by atoms with Gasteiger partial charge in [-0.2, -0.15) is 0 Å². The van der Waals surface area contributed by atoms with E-state index in [1.54, 1.807) is 6.20 Å². The smallest absolute Gasteiger partial charge is 0.240 e. The SMILES string of the molecule is CC(C)[C@H](N)C(=O)NCC(=O)NC(c1ccccc1)c1ccccn1. The molecule has 2 atom stereocenters. The van der Waals surface area contributed by atoms with Gasteiger partial charge < -0.3 is 16.4 Å². The monoisotopic (exact) mass is 340 g/mol. The van der Waals surface area contributed by atoms with Crippen molar-refractivity contribution in [2.24, 2.45) is 11.7 Å². The average molecular weight is 340 g/mol. The standard InChI is InChI=1S/C19H24N4O2/c1-13(2)17(20)19(25)22-12-16(24)23-18(14-8-4-3-5-9-14)15-10-6-7-11-21-15/h3-11,13,17-18H,12,20H2,1-2H3,(H,22,25)(H,23,24)/t17-,18?/m0/s1. The summed E-state index contributed by atoms with van der Waals surface area (Å²) in [7, 11) is 0. The Morgan fingerprint density at radius 1 is 1.08 bits per heavy atom. The van der Waals surface area contributed by atoms with E-state index in [9.17, 15) is 9.59 Å². The summed E-state index contributed by atoms with van der Waals surface area (Å²) < 4.78 is 0. The molecule has 132 valence electrons. The predicted molar refractivity (Wildman–Crippen MR) is 96.5 cm³/mol. The predicted octanol–water partition coefficient (Wildman–Crippen LogP) is 1.39. The Morgan fingerprint density at radius 2 is 1.76 bits per heavy atom. The Balaban J connectivity index is 2.05. The fourth-order valence-corrected chi connectivity index (χ4v) is 2.32. The first-order valence-electron chi connectivity index (χ1n) is 8.27. The summed E-state index contributed by atoms with van der Waals surface area (Å²) >= 11 is 0. The number of nitrogens with zero attached hydrogens (tertiary/aromatic N) is 1. The highest BCUT2D eigenvalue weighted by Gasteiger charge is 2.20.